The number of nitrogens with zero attached hydrogens (tertiary/aromatic N) is 1. The monoisotopic (exact) mass is 400 g/mol. The van der Waals surface area contributed by atoms with Gasteiger partial charge in [0.05, 0.1) is 4.90 Å². The first kappa shape index (κ1) is 18.5. The Hall–Kier alpha value is -1.89. The highest BCUT2D eigenvalue weighted by Gasteiger charge is 2.22. The molecule has 2 aromatic carbocycles. The van der Waals surface area contributed by atoms with Crippen molar-refractivity contribution in [2.75, 3.05) is 24.2 Å². The molecule has 0 atom stereocenters. The molecule has 1 aliphatic rings. The number of hydrogen-bond acceptors (Lipinski definition) is 5. The standard InChI is InChI=1S/C21H24N2O2S2/c1-27(24,25)20-5-2-16(3-6-20)15-23(18-8-11-22-12-9-18)19-4-7-21-17(14-19)10-13-26-21/h2-7,10,13-14,18,22H,8-9,11-12,15H2,1H3. The second kappa shape index (κ2) is 7.62. The predicted molar refractivity (Wildman–Crippen MR) is 113 cm³/mol. The van der Waals surface area contributed by atoms with E-state index < -0.39 is 9.84 Å². The first-order chi connectivity index (χ1) is 13.0. The minimum Gasteiger partial charge on any atom is -0.364 e. The maximum Gasteiger partial charge on any atom is 0.175 e. The van der Waals surface area contributed by atoms with Crippen LogP contribution in [0.1, 0.15) is 18.4 Å². The summed E-state index contributed by atoms with van der Waals surface area (Å²) >= 11 is 1.77. The van der Waals surface area contributed by atoms with Crippen molar-refractivity contribution in [1.82, 2.24) is 5.32 Å². The van der Waals surface area contributed by atoms with Gasteiger partial charge in [0.25, 0.3) is 0 Å². The molecule has 2 heterocycles. The van der Waals surface area contributed by atoms with Gasteiger partial charge in [0.1, 0.15) is 0 Å². The highest BCUT2D eigenvalue weighted by atomic mass is 32.2. The fraction of sp³-hybridized carbons (Fsp3) is 0.333. The smallest absolute Gasteiger partial charge is 0.175 e. The van der Waals surface area contributed by atoms with Gasteiger partial charge in [0.15, 0.2) is 9.84 Å². The molecule has 0 saturated carbocycles. The van der Waals surface area contributed by atoms with Gasteiger partial charge in [-0.05, 0) is 78.7 Å². The molecular weight excluding hydrogens is 376 g/mol. The Morgan fingerprint density at radius 3 is 2.52 bits per heavy atom. The summed E-state index contributed by atoms with van der Waals surface area (Å²) in [6.45, 7) is 2.86. The number of benzene rings is 2. The first-order valence-electron chi connectivity index (χ1n) is 9.24. The maximum atomic E-state index is 11.7. The number of piperidine rings is 1. The Bertz CT molecular complexity index is 1020. The highest BCUT2D eigenvalue weighted by Crippen LogP contribution is 2.30. The Morgan fingerprint density at radius 2 is 1.81 bits per heavy atom. The third kappa shape index (κ3) is 4.18. The second-order valence-corrected chi connectivity index (χ2v) is 10.1. The van der Waals surface area contributed by atoms with Gasteiger partial charge in [-0.2, -0.15) is 0 Å². The van der Waals surface area contributed by atoms with Crippen LogP contribution in [0.3, 0.4) is 0 Å². The van der Waals surface area contributed by atoms with Crippen LogP contribution in [0.15, 0.2) is 58.8 Å². The summed E-state index contributed by atoms with van der Waals surface area (Å²) in [4.78, 5) is 2.85. The molecule has 0 radical (unpaired) electrons. The van der Waals surface area contributed by atoms with Crippen LogP contribution in [-0.2, 0) is 16.4 Å². The van der Waals surface area contributed by atoms with E-state index in [0.717, 1.165) is 38.0 Å². The quantitative estimate of drug-likeness (QED) is 0.702. The van der Waals surface area contributed by atoms with E-state index >= 15 is 0 Å². The summed E-state index contributed by atoms with van der Waals surface area (Å²) in [7, 11) is -3.16. The fourth-order valence-electron chi connectivity index (χ4n) is 3.72. The molecule has 0 unspecified atom stereocenters. The van der Waals surface area contributed by atoms with Gasteiger partial charge in [-0.3, -0.25) is 0 Å². The van der Waals surface area contributed by atoms with Crippen LogP contribution in [0, 0.1) is 0 Å². The van der Waals surface area contributed by atoms with E-state index in [4.69, 9.17) is 0 Å². The zero-order chi connectivity index (χ0) is 18.9. The zero-order valence-corrected chi connectivity index (χ0v) is 17.0. The van der Waals surface area contributed by atoms with Crippen LogP contribution in [0.5, 0.6) is 0 Å². The second-order valence-electron chi connectivity index (χ2n) is 7.17. The predicted octanol–water partition coefficient (Wildman–Crippen LogP) is 4.06. The van der Waals surface area contributed by atoms with Crippen molar-refractivity contribution in [3.05, 3.63) is 59.5 Å². The molecule has 0 bridgehead atoms. The molecule has 1 saturated heterocycles. The summed E-state index contributed by atoms with van der Waals surface area (Å²) in [5, 5.41) is 6.86. The maximum absolute atomic E-state index is 11.7. The van der Waals surface area contributed by atoms with Crippen molar-refractivity contribution < 1.29 is 8.42 Å². The summed E-state index contributed by atoms with van der Waals surface area (Å²) in [5.41, 5.74) is 2.37. The van der Waals surface area contributed by atoms with Crippen molar-refractivity contribution in [3.8, 4) is 0 Å². The third-order valence-corrected chi connectivity index (χ3v) is 7.25. The molecule has 6 heteroatoms. The Balaban J connectivity index is 1.65. The van der Waals surface area contributed by atoms with Crippen LogP contribution in [0.2, 0.25) is 0 Å². The van der Waals surface area contributed by atoms with Gasteiger partial charge < -0.3 is 10.2 Å². The van der Waals surface area contributed by atoms with E-state index in [1.165, 1.54) is 22.0 Å². The number of fused-ring (bicyclic) bond motifs is 1. The molecule has 4 rings (SSSR count). The summed E-state index contributed by atoms with van der Waals surface area (Å²) in [6.07, 6.45) is 3.48. The zero-order valence-electron chi connectivity index (χ0n) is 15.4. The van der Waals surface area contributed by atoms with Gasteiger partial charge in [0.2, 0.25) is 0 Å². The molecule has 27 heavy (non-hydrogen) atoms. The summed E-state index contributed by atoms with van der Waals surface area (Å²) in [6, 6.07) is 16.7. The van der Waals surface area contributed by atoms with Crippen LogP contribution < -0.4 is 10.2 Å². The van der Waals surface area contributed by atoms with Gasteiger partial charge in [-0.1, -0.05) is 12.1 Å². The molecule has 4 nitrogen and oxygen atoms in total. The van der Waals surface area contributed by atoms with Crippen molar-refractivity contribution in [1.29, 1.82) is 0 Å². The SMILES string of the molecule is CS(=O)(=O)c1ccc(CN(c2ccc3sccc3c2)C2CCNCC2)cc1. The molecule has 3 aromatic rings. The molecular formula is C21H24N2O2S2. The van der Waals surface area contributed by atoms with E-state index in [1.807, 2.05) is 12.1 Å². The number of thiophene rings is 1. The average molecular weight is 401 g/mol. The fourth-order valence-corrected chi connectivity index (χ4v) is 5.12. The lowest BCUT2D eigenvalue weighted by molar-refractivity contribution is 0.428. The van der Waals surface area contributed by atoms with E-state index in [0.29, 0.717) is 10.9 Å². The molecule has 1 N–H and O–H groups in total. The molecule has 0 aliphatic carbocycles. The normalized spacial score (nSPS) is 15.9. The Labute approximate surface area is 164 Å². The minimum atomic E-state index is -3.16. The van der Waals surface area contributed by atoms with Gasteiger partial charge in [-0.15, -0.1) is 11.3 Å². The van der Waals surface area contributed by atoms with Gasteiger partial charge >= 0.3 is 0 Å². The molecule has 0 amide bonds. The number of hydrogen-bond donors (Lipinski definition) is 1. The number of sulfone groups is 1. The lowest BCUT2D eigenvalue weighted by atomic mass is 10.0. The third-order valence-electron chi connectivity index (χ3n) is 5.22. The topological polar surface area (TPSA) is 49.4 Å². The molecule has 1 fully saturated rings. The number of nitrogens with one attached hydrogen (secondary N) is 1. The minimum absolute atomic E-state index is 0.374. The Kier molecular flexibility index (Phi) is 5.21. The highest BCUT2D eigenvalue weighted by molar-refractivity contribution is 7.90. The van der Waals surface area contributed by atoms with Crippen LogP contribution in [0.4, 0.5) is 5.69 Å². The van der Waals surface area contributed by atoms with Crippen molar-refractivity contribution in [2.45, 2.75) is 30.3 Å². The van der Waals surface area contributed by atoms with Crippen LogP contribution in [0.25, 0.3) is 10.1 Å². The largest absolute Gasteiger partial charge is 0.364 e. The van der Waals surface area contributed by atoms with Crippen molar-refractivity contribution >= 4 is 36.9 Å². The van der Waals surface area contributed by atoms with Gasteiger partial charge in [-0.25, -0.2) is 8.42 Å². The summed E-state index contributed by atoms with van der Waals surface area (Å²) < 4.78 is 24.7. The van der Waals surface area contributed by atoms with E-state index in [9.17, 15) is 8.42 Å². The lowest BCUT2D eigenvalue weighted by Crippen LogP contribution is -2.43. The van der Waals surface area contributed by atoms with Gasteiger partial charge in [0, 0.05) is 29.2 Å². The van der Waals surface area contributed by atoms with E-state index in [1.54, 1.807) is 23.5 Å². The molecule has 142 valence electrons. The van der Waals surface area contributed by atoms with E-state index in [2.05, 4.69) is 39.9 Å². The van der Waals surface area contributed by atoms with Crippen molar-refractivity contribution in [2.24, 2.45) is 0 Å². The molecule has 1 aromatic heterocycles. The average Bonchev–Trinajstić information content (AvgIpc) is 3.14. The first-order valence-corrected chi connectivity index (χ1v) is 12.0. The Morgan fingerprint density at radius 1 is 1.07 bits per heavy atom. The number of rotatable bonds is 5. The van der Waals surface area contributed by atoms with Crippen LogP contribution >= 0.6 is 11.3 Å². The van der Waals surface area contributed by atoms with E-state index in [-0.39, 0.29) is 0 Å². The molecule has 1 aliphatic heterocycles. The van der Waals surface area contributed by atoms with Crippen LogP contribution in [-0.4, -0.2) is 33.8 Å². The van der Waals surface area contributed by atoms with Crippen molar-refractivity contribution in [3.63, 3.8) is 0 Å². The molecule has 0 spiro atoms. The summed E-state index contributed by atoms with van der Waals surface area (Å²) in [5.74, 6) is 0. The number of anilines is 1. The lowest BCUT2D eigenvalue weighted by Gasteiger charge is -2.36.